The number of hydrogen-bond donors (Lipinski definition) is 0. The highest BCUT2D eigenvalue weighted by Crippen LogP contribution is 2.48. The van der Waals surface area contributed by atoms with Gasteiger partial charge in [-0.25, -0.2) is 0 Å². The molecule has 0 saturated heterocycles. The van der Waals surface area contributed by atoms with E-state index in [1.165, 1.54) is 25.4 Å². The number of imidazole rings is 1. The Morgan fingerprint density at radius 1 is 1.71 bits per heavy atom. The first-order chi connectivity index (χ1) is 6.65. The molecular weight excluding hydrogens is 250 g/mol. The molecule has 1 aromatic heterocycles. The molecule has 0 amide bonds. The largest absolute Gasteiger partial charge is 0.381 e. The van der Waals surface area contributed by atoms with Crippen LogP contribution in [0.4, 0.5) is 5.82 Å². The van der Waals surface area contributed by atoms with Gasteiger partial charge in [-0.2, -0.15) is 0 Å². The van der Waals surface area contributed by atoms with E-state index in [2.05, 4.69) is 20.9 Å². The van der Waals surface area contributed by atoms with Crippen molar-refractivity contribution in [2.24, 2.45) is 5.41 Å². The van der Waals surface area contributed by atoms with E-state index in [-0.39, 0.29) is 5.82 Å². The maximum atomic E-state index is 10.4. The van der Waals surface area contributed by atoms with E-state index >= 15 is 0 Å². The van der Waals surface area contributed by atoms with Crippen LogP contribution in [0.25, 0.3) is 0 Å². The molecule has 0 radical (unpaired) electrons. The maximum absolute atomic E-state index is 10.4. The molecule has 1 fully saturated rings. The monoisotopic (exact) mass is 259 g/mol. The predicted octanol–water partition coefficient (Wildman–Crippen LogP) is 1.97. The molecule has 76 valence electrons. The van der Waals surface area contributed by atoms with Crippen molar-refractivity contribution in [1.82, 2.24) is 9.55 Å². The third kappa shape index (κ3) is 1.79. The highest BCUT2D eigenvalue weighted by atomic mass is 79.9. The first-order valence-corrected chi connectivity index (χ1v) is 5.49. The second-order valence-corrected chi connectivity index (χ2v) is 4.36. The van der Waals surface area contributed by atoms with Crippen LogP contribution in [0.1, 0.15) is 12.8 Å². The molecule has 0 bridgehead atoms. The van der Waals surface area contributed by atoms with Crippen molar-refractivity contribution in [3.63, 3.8) is 0 Å². The van der Waals surface area contributed by atoms with Gasteiger partial charge in [0.1, 0.15) is 6.20 Å². The van der Waals surface area contributed by atoms with Gasteiger partial charge in [0.2, 0.25) is 6.33 Å². The Balaban J connectivity index is 2.07. The number of halogens is 1. The molecule has 0 aliphatic heterocycles. The number of hydrogen-bond acceptors (Lipinski definition) is 3. The Morgan fingerprint density at radius 2 is 2.43 bits per heavy atom. The summed E-state index contributed by atoms with van der Waals surface area (Å²) in [6.07, 6.45) is 5.39. The molecule has 5 nitrogen and oxygen atoms in total. The van der Waals surface area contributed by atoms with Crippen LogP contribution in [0, 0.1) is 15.5 Å². The minimum absolute atomic E-state index is 0.0737. The minimum atomic E-state index is -0.468. The van der Waals surface area contributed by atoms with Crippen LogP contribution in [-0.4, -0.2) is 19.8 Å². The summed E-state index contributed by atoms with van der Waals surface area (Å²) in [6.45, 7) is 0.819. The van der Waals surface area contributed by atoms with Crippen molar-refractivity contribution in [2.45, 2.75) is 19.4 Å². The van der Waals surface area contributed by atoms with E-state index in [9.17, 15) is 10.1 Å². The SMILES string of the molecule is O=[N+]([O-])c1cn(CC2(CBr)CC2)cn1. The zero-order valence-corrected chi connectivity index (χ0v) is 9.11. The lowest BCUT2D eigenvalue weighted by Crippen LogP contribution is -2.11. The highest BCUT2D eigenvalue weighted by molar-refractivity contribution is 9.09. The third-order valence-electron chi connectivity index (χ3n) is 2.57. The van der Waals surface area contributed by atoms with E-state index in [1.807, 2.05) is 0 Å². The summed E-state index contributed by atoms with van der Waals surface area (Å²) in [4.78, 5) is 13.6. The molecule has 0 atom stereocenters. The molecule has 0 unspecified atom stereocenters. The fraction of sp³-hybridized carbons (Fsp3) is 0.625. The normalized spacial score (nSPS) is 18.1. The molecule has 14 heavy (non-hydrogen) atoms. The van der Waals surface area contributed by atoms with Crippen LogP contribution in [-0.2, 0) is 6.54 Å². The van der Waals surface area contributed by atoms with Gasteiger partial charge in [-0.3, -0.25) is 0 Å². The average molecular weight is 260 g/mol. The molecule has 6 heteroatoms. The fourth-order valence-corrected chi connectivity index (χ4v) is 2.17. The molecule has 0 aromatic carbocycles. The van der Waals surface area contributed by atoms with Gasteiger partial charge in [-0.05, 0) is 28.2 Å². The molecule has 1 heterocycles. The first kappa shape index (κ1) is 9.64. The van der Waals surface area contributed by atoms with Crippen molar-refractivity contribution >= 4 is 21.7 Å². The third-order valence-corrected chi connectivity index (χ3v) is 3.75. The van der Waals surface area contributed by atoms with Crippen LogP contribution >= 0.6 is 15.9 Å². The Kier molecular flexibility index (Phi) is 2.30. The number of aromatic nitrogens is 2. The van der Waals surface area contributed by atoms with Gasteiger partial charge in [0.25, 0.3) is 0 Å². The van der Waals surface area contributed by atoms with Crippen LogP contribution in [0.5, 0.6) is 0 Å². The second kappa shape index (κ2) is 3.34. The summed E-state index contributed by atoms with van der Waals surface area (Å²) in [5.74, 6) is -0.0737. The molecule has 0 N–H and O–H groups in total. The summed E-state index contributed by atoms with van der Waals surface area (Å²) in [5.41, 5.74) is 0.314. The number of nitrogens with zero attached hydrogens (tertiary/aromatic N) is 3. The van der Waals surface area contributed by atoms with Gasteiger partial charge in [0, 0.05) is 11.9 Å². The molecule has 0 spiro atoms. The first-order valence-electron chi connectivity index (χ1n) is 4.37. The minimum Gasteiger partial charge on any atom is -0.358 e. The topological polar surface area (TPSA) is 61.0 Å². The zero-order valence-electron chi connectivity index (χ0n) is 7.52. The highest BCUT2D eigenvalue weighted by Gasteiger charge is 2.42. The molecule has 1 aromatic rings. The standard InChI is InChI=1S/C8H10BrN3O2/c9-4-8(1-2-8)5-11-3-7(10-6-11)12(13)14/h3,6H,1-2,4-5H2. The van der Waals surface area contributed by atoms with Gasteiger partial charge in [0.15, 0.2) is 0 Å². The van der Waals surface area contributed by atoms with E-state index in [0.29, 0.717) is 5.41 Å². The van der Waals surface area contributed by atoms with Crippen molar-refractivity contribution in [2.75, 3.05) is 5.33 Å². The van der Waals surface area contributed by atoms with E-state index < -0.39 is 4.92 Å². The van der Waals surface area contributed by atoms with Crippen molar-refractivity contribution in [3.8, 4) is 0 Å². The van der Waals surface area contributed by atoms with Gasteiger partial charge < -0.3 is 14.7 Å². The predicted molar refractivity (Wildman–Crippen MR) is 54.3 cm³/mol. The Labute approximate surface area is 89.4 Å². The quantitative estimate of drug-likeness (QED) is 0.472. The van der Waals surface area contributed by atoms with E-state index in [4.69, 9.17) is 0 Å². The molecule has 1 aliphatic carbocycles. The summed E-state index contributed by atoms with van der Waals surface area (Å²) in [5, 5.41) is 11.3. The van der Waals surface area contributed by atoms with Crippen LogP contribution in [0.15, 0.2) is 12.5 Å². The van der Waals surface area contributed by atoms with Crippen molar-refractivity contribution in [3.05, 3.63) is 22.6 Å². The van der Waals surface area contributed by atoms with E-state index in [1.54, 1.807) is 4.57 Å². The molecule has 1 aliphatic rings. The van der Waals surface area contributed by atoms with Gasteiger partial charge in [0.05, 0.1) is 0 Å². The molecule has 1 saturated carbocycles. The summed E-state index contributed by atoms with van der Waals surface area (Å²) >= 11 is 3.46. The molecule has 2 rings (SSSR count). The van der Waals surface area contributed by atoms with Crippen LogP contribution in [0.3, 0.4) is 0 Å². The van der Waals surface area contributed by atoms with Crippen LogP contribution in [0.2, 0.25) is 0 Å². The zero-order chi connectivity index (χ0) is 10.2. The van der Waals surface area contributed by atoms with Gasteiger partial charge in [-0.1, -0.05) is 15.9 Å². The van der Waals surface area contributed by atoms with Crippen molar-refractivity contribution < 1.29 is 4.92 Å². The maximum Gasteiger partial charge on any atom is 0.381 e. The lowest BCUT2D eigenvalue weighted by molar-refractivity contribution is -0.389. The van der Waals surface area contributed by atoms with Crippen LogP contribution < -0.4 is 0 Å². The van der Waals surface area contributed by atoms with E-state index in [0.717, 1.165) is 11.9 Å². The summed E-state index contributed by atoms with van der Waals surface area (Å²) in [7, 11) is 0. The van der Waals surface area contributed by atoms with Gasteiger partial charge in [-0.15, -0.1) is 0 Å². The Bertz CT molecular complexity index is 359. The molecular formula is C8H10BrN3O2. The number of nitro groups is 1. The fourth-order valence-electron chi connectivity index (χ4n) is 1.43. The smallest absolute Gasteiger partial charge is 0.358 e. The number of alkyl halides is 1. The van der Waals surface area contributed by atoms with Crippen molar-refractivity contribution in [1.29, 1.82) is 0 Å². The average Bonchev–Trinajstić information content (AvgIpc) is 2.75. The van der Waals surface area contributed by atoms with Gasteiger partial charge >= 0.3 is 5.82 Å². The summed E-state index contributed by atoms with van der Waals surface area (Å²) < 4.78 is 1.80. The lowest BCUT2D eigenvalue weighted by atomic mass is 10.1. The summed E-state index contributed by atoms with van der Waals surface area (Å²) in [6, 6.07) is 0. The second-order valence-electron chi connectivity index (χ2n) is 3.79. The Hall–Kier alpha value is -0.910. The number of rotatable bonds is 4. The Morgan fingerprint density at radius 3 is 2.86 bits per heavy atom. The lowest BCUT2D eigenvalue weighted by Gasteiger charge is -2.09.